The van der Waals surface area contributed by atoms with Gasteiger partial charge in [0.2, 0.25) is 6.79 Å². The van der Waals surface area contributed by atoms with Crippen molar-refractivity contribution in [1.82, 2.24) is 0 Å². The smallest absolute Gasteiger partial charge is 0.231 e. The SMILES string of the molecule is CCN(CC(O)COc1ccccc1)c1ccc2c(c1)OCO2. The van der Waals surface area contributed by atoms with Crippen LogP contribution in [0.25, 0.3) is 0 Å². The average molecular weight is 315 g/mol. The van der Waals surface area contributed by atoms with Crippen molar-refractivity contribution >= 4 is 5.69 Å². The van der Waals surface area contributed by atoms with Crippen molar-refractivity contribution in [1.29, 1.82) is 0 Å². The van der Waals surface area contributed by atoms with Gasteiger partial charge in [0.15, 0.2) is 11.5 Å². The summed E-state index contributed by atoms with van der Waals surface area (Å²) in [6.07, 6.45) is -0.583. The highest BCUT2D eigenvalue weighted by atomic mass is 16.7. The summed E-state index contributed by atoms with van der Waals surface area (Å²) in [4.78, 5) is 2.08. The third kappa shape index (κ3) is 3.87. The lowest BCUT2D eigenvalue weighted by Crippen LogP contribution is -2.35. The molecule has 5 heteroatoms. The van der Waals surface area contributed by atoms with Gasteiger partial charge >= 0.3 is 0 Å². The maximum atomic E-state index is 10.2. The van der Waals surface area contributed by atoms with E-state index in [4.69, 9.17) is 14.2 Å². The van der Waals surface area contributed by atoms with E-state index in [0.717, 1.165) is 29.5 Å². The summed E-state index contributed by atoms with van der Waals surface area (Å²) in [5, 5.41) is 10.2. The van der Waals surface area contributed by atoms with E-state index in [9.17, 15) is 5.11 Å². The van der Waals surface area contributed by atoms with Crippen LogP contribution in [0.4, 0.5) is 5.69 Å². The van der Waals surface area contributed by atoms with Gasteiger partial charge in [0.25, 0.3) is 0 Å². The van der Waals surface area contributed by atoms with Crippen molar-refractivity contribution in [3.8, 4) is 17.2 Å². The van der Waals surface area contributed by atoms with Gasteiger partial charge in [-0.2, -0.15) is 0 Å². The van der Waals surface area contributed by atoms with E-state index in [-0.39, 0.29) is 13.4 Å². The van der Waals surface area contributed by atoms with Crippen LogP contribution < -0.4 is 19.1 Å². The van der Waals surface area contributed by atoms with Gasteiger partial charge in [-0.05, 0) is 31.2 Å². The Labute approximate surface area is 136 Å². The number of aliphatic hydroxyl groups excluding tert-OH is 1. The first kappa shape index (κ1) is 15.5. The standard InChI is InChI=1S/C18H21NO4/c1-2-19(14-8-9-17-18(10-14)23-13-22-17)11-15(20)12-21-16-6-4-3-5-7-16/h3-10,15,20H,2,11-13H2,1H3. The molecule has 1 heterocycles. The molecule has 0 spiro atoms. The number of fused-ring (bicyclic) bond motifs is 1. The second kappa shape index (κ2) is 7.24. The minimum atomic E-state index is -0.583. The van der Waals surface area contributed by atoms with Crippen molar-refractivity contribution in [3.05, 3.63) is 48.5 Å². The maximum Gasteiger partial charge on any atom is 0.231 e. The Bertz CT molecular complexity index is 632. The van der Waals surface area contributed by atoms with Crippen LogP contribution in [0.15, 0.2) is 48.5 Å². The molecule has 1 aliphatic heterocycles. The molecule has 1 N–H and O–H groups in total. The van der Waals surface area contributed by atoms with E-state index in [1.165, 1.54) is 0 Å². The van der Waals surface area contributed by atoms with E-state index < -0.39 is 6.10 Å². The summed E-state index contributed by atoms with van der Waals surface area (Å²) in [5.74, 6) is 2.27. The van der Waals surface area contributed by atoms with Crippen LogP contribution in [-0.4, -0.2) is 37.7 Å². The summed E-state index contributed by atoms with van der Waals surface area (Å²) in [6, 6.07) is 15.3. The second-order valence-corrected chi connectivity index (χ2v) is 5.35. The highest BCUT2D eigenvalue weighted by Crippen LogP contribution is 2.35. The topological polar surface area (TPSA) is 51.2 Å². The van der Waals surface area contributed by atoms with Gasteiger partial charge in [-0.15, -0.1) is 0 Å². The fraction of sp³-hybridized carbons (Fsp3) is 0.333. The molecule has 0 radical (unpaired) electrons. The summed E-state index contributed by atoms with van der Waals surface area (Å²) in [6.45, 7) is 3.84. The lowest BCUT2D eigenvalue weighted by Gasteiger charge is -2.26. The van der Waals surface area contributed by atoms with Crippen LogP contribution in [0.2, 0.25) is 0 Å². The molecule has 0 bridgehead atoms. The number of hydrogen-bond donors (Lipinski definition) is 1. The Kier molecular flexibility index (Phi) is 4.88. The zero-order valence-corrected chi connectivity index (χ0v) is 13.1. The predicted octanol–water partition coefficient (Wildman–Crippen LogP) is 2.68. The number of aliphatic hydroxyl groups is 1. The average Bonchev–Trinajstić information content (AvgIpc) is 3.06. The van der Waals surface area contributed by atoms with Crippen LogP contribution >= 0.6 is 0 Å². The normalized spacial score (nSPS) is 13.7. The predicted molar refractivity (Wildman–Crippen MR) is 88.4 cm³/mol. The van der Waals surface area contributed by atoms with Crippen molar-refractivity contribution in [2.45, 2.75) is 13.0 Å². The number of likely N-dealkylation sites (N-methyl/N-ethyl adjacent to an activating group) is 1. The number of rotatable bonds is 7. The molecule has 3 rings (SSSR count). The molecule has 0 saturated carbocycles. The first-order valence-corrected chi connectivity index (χ1v) is 7.76. The summed E-state index contributed by atoms with van der Waals surface area (Å²) < 4.78 is 16.3. The Morgan fingerprint density at radius 1 is 1.13 bits per heavy atom. The molecule has 122 valence electrons. The van der Waals surface area contributed by atoms with E-state index >= 15 is 0 Å². The zero-order chi connectivity index (χ0) is 16.1. The fourth-order valence-corrected chi connectivity index (χ4v) is 2.52. The van der Waals surface area contributed by atoms with Gasteiger partial charge in [0, 0.05) is 24.8 Å². The van der Waals surface area contributed by atoms with Crippen LogP contribution in [0, 0.1) is 0 Å². The van der Waals surface area contributed by atoms with Crippen molar-refractivity contribution in [2.75, 3.05) is 31.4 Å². The van der Waals surface area contributed by atoms with Gasteiger partial charge in [0.1, 0.15) is 18.5 Å². The highest BCUT2D eigenvalue weighted by molar-refractivity contribution is 5.57. The number of benzene rings is 2. The second-order valence-electron chi connectivity index (χ2n) is 5.35. The van der Waals surface area contributed by atoms with Crippen molar-refractivity contribution < 1.29 is 19.3 Å². The van der Waals surface area contributed by atoms with E-state index in [2.05, 4.69) is 11.8 Å². The summed E-state index contributed by atoms with van der Waals surface area (Å²) >= 11 is 0. The molecule has 2 aromatic rings. The number of anilines is 1. The maximum absolute atomic E-state index is 10.2. The Morgan fingerprint density at radius 2 is 1.91 bits per heavy atom. The molecule has 5 nitrogen and oxygen atoms in total. The Balaban J connectivity index is 1.58. The molecule has 0 fully saturated rings. The van der Waals surface area contributed by atoms with E-state index in [1.807, 2.05) is 48.5 Å². The van der Waals surface area contributed by atoms with Crippen LogP contribution in [0.5, 0.6) is 17.2 Å². The number of ether oxygens (including phenoxy) is 3. The molecule has 2 aromatic carbocycles. The third-order valence-corrected chi connectivity index (χ3v) is 3.72. The Morgan fingerprint density at radius 3 is 2.70 bits per heavy atom. The van der Waals surface area contributed by atoms with Gasteiger partial charge in [0.05, 0.1) is 0 Å². The molecule has 0 aliphatic carbocycles. The molecule has 23 heavy (non-hydrogen) atoms. The Hall–Kier alpha value is -2.40. The van der Waals surface area contributed by atoms with Gasteiger partial charge in [-0.3, -0.25) is 0 Å². The highest BCUT2D eigenvalue weighted by Gasteiger charge is 2.17. The van der Waals surface area contributed by atoms with E-state index in [1.54, 1.807) is 0 Å². The molecule has 1 unspecified atom stereocenters. The molecule has 0 amide bonds. The third-order valence-electron chi connectivity index (χ3n) is 3.72. The van der Waals surface area contributed by atoms with Gasteiger partial charge < -0.3 is 24.2 Å². The molecule has 0 saturated heterocycles. The van der Waals surface area contributed by atoms with Crippen LogP contribution in [0.3, 0.4) is 0 Å². The monoisotopic (exact) mass is 315 g/mol. The van der Waals surface area contributed by atoms with Gasteiger partial charge in [-0.1, -0.05) is 18.2 Å². The lowest BCUT2D eigenvalue weighted by atomic mass is 10.2. The van der Waals surface area contributed by atoms with Crippen molar-refractivity contribution in [3.63, 3.8) is 0 Å². The molecule has 1 aliphatic rings. The molecular weight excluding hydrogens is 294 g/mol. The minimum Gasteiger partial charge on any atom is -0.491 e. The first-order valence-electron chi connectivity index (χ1n) is 7.76. The van der Waals surface area contributed by atoms with Crippen LogP contribution in [0.1, 0.15) is 6.92 Å². The van der Waals surface area contributed by atoms with Crippen LogP contribution in [-0.2, 0) is 0 Å². The zero-order valence-electron chi connectivity index (χ0n) is 13.1. The minimum absolute atomic E-state index is 0.255. The number of para-hydroxylation sites is 1. The molecule has 1 atom stereocenters. The van der Waals surface area contributed by atoms with Crippen molar-refractivity contribution in [2.24, 2.45) is 0 Å². The summed E-state index contributed by atoms with van der Waals surface area (Å²) in [5.41, 5.74) is 0.996. The fourth-order valence-electron chi connectivity index (χ4n) is 2.52. The quantitative estimate of drug-likeness (QED) is 0.851. The first-order chi connectivity index (χ1) is 11.3. The number of nitrogens with zero attached hydrogens (tertiary/aromatic N) is 1. The summed E-state index contributed by atoms with van der Waals surface area (Å²) in [7, 11) is 0. The molecule has 0 aromatic heterocycles. The lowest BCUT2D eigenvalue weighted by molar-refractivity contribution is 0.112. The molecular formula is C18H21NO4. The number of hydrogen-bond acceptors (Lipinski definition) is 5. The van der Waals surface area contributed by atoms with E-state index in [0.29, 0.717) is 6.54 Å². The largest absolute Gasteiger partial charge is 0.491 e. The van der Waals surface area contributed by atoms with Gasteiger partial charge in [-0.25, -0.2) is 0 Å².